The van der Waals surface area contributed by atoms with E-state index in [2.05, 4.69) is 0 Å². The van der Waals surface area contributed by atoms with E-state index in [1.807, 2.05) is 31.2 Å². The first-order valence-electron chi connectivity index (χ1n) is 5.74. The van der Waals surface area contributed by atoms with Crippen molar-refractivity contribution >= 4 is 7.60 Å². The van der Waals surface area contributed by atoms with Gasteiger partial charge in [-0.3, -0.25) is 4.57 Å². The lowest BCUT2D eigenvalue weighted by molar-refractivity contribution is 0.212. The summed E-state index contributed by atoms with van der Waals surface area (Å²) in [5.74, 6) is -0.734. The van der Waals surface area contributed by atoms with Gasteiger partial charge < -0.3 is 14.8 Å². The molecule has 96 valence electrons. The lowest BCUT2D eigenvalue weighted by Gasteiger charge is -2.23. The highest BCUT2D eigenvalue weighted by atomic mass is 31.2. The van der Waals surface area contributed by atoms with Gasteiger partial charge in [-0.15, -0.1) is 0 Å². The van der Waals surface area contributed by atoms with Gasteiger partial charge in [0.2, 0.25) is 0 Å². The molecule has 17 heavy (non-hydrogen) atoms. The van der Waals surface area contributed by atoms with Crippen LogP contribution in [0.5, 0.6) is 0 Å². The Morgan fingerprint density at radius 1 is 1.29 bits per heavy atom. The summed E-state index contributed by atoms with van der Waals surface area (Å²) in [6.45, 7) is 6.14. The van der Waals surface area contributed by atoms with Crippen molar-refractivity contribution in [2.75, 3.05) is 13.2 Å². The molecule has 0 heterocycles. The number of aryl methyl sites for hydroxylation is 1. The average Bonchev–Trinajstić information content (AvgIpc) is 2.28. The fourth-order valence-corrected chi connectivity index (χ4v) is 3.24. The normalized spacial score (nSPS) is 13.6. The molecule has 5 heteroatoms. The first-order chi connectivity index (χ1) is 8.03. The number of benzene rings is 1. The van der Waals surface area contributed by atoms with Gasteiger partial charge in [-0.1, -0.05) is 29.8 Å². The second kappa shape index (κ2) is 6.31. The molecule has 2 N–H and O–H groups in total. The summed E-state index contributed by atoms with van der Waals surface area (Å²) < 4.78 is 22.9. The van der Waals surface area contributed by atoms with Crippen molar-refractivity contribution in [1.29, 1.82) is 0 Å². The van der Waals surface area contributed by atoms with Crippen molar-refractivity contribution in [3.63, 3.8) is 0 Å². The van der Waals surface area contributed by atoms with Crippen LogP contribution in [-0.4, -0.2) is 13.2 Å². The van der Waals surface area contributed by atoms with E-state index < -0.39 is 13.4 Å². The zero-order valence-corrected chi connectivity index (χ0v) is 11.4. The van der Waals surface area contributed by atoms with E-state index in [0.29, 0.717) is 13.2 Å². The molecule has 0 radical (unpaired) electrons. The van der Waals surface area contributed by atoms with Crippen LogP contribution in [0.2, 0.25) is 0 Å². The van der Waals surface area contributed by atoms with E-state index in [1.165, 1.54) is 0 Å². The summed E-state index contributed by atoms with van der Waals surface area (Å²) >= 11 is 0. The number of hydrogen-bond acceptors (Lipinski definition) is 4. The molecule has 4 nitrogen and oxygen atoms in total. The SMILES string of the molecule is CCOP(=O)(OCC)[C@H](N)c1cccc(C)c1. The molecule has 0 aliphatic carbocycles. The maximum Gasteiger partial charge on any atom is 0.351 e. The zero-order chi connectivity index (χ0) is 12.9. The van der Waals surface area contributed by atoms with Gasteiger partial charge in [0.25, 0.3) is 0 Å². The van der Waals surface area contributed by atoms with Gasteiger partial charge >= 0.3 is 7.60 Å². The van der Waals surface area contributed by atoms with Crippen LogP contribution in [-0.2, 0) is 13.6 Å². The number of nitrogens with two attached hydrogens (primary N) is 1. The molecule has 0 bridgehead atoms. The van der Waals surface area contributed by atoms with Gasteiger partial charge in [-0.25, -0.2) is 0 Å². The quantitative estimate of drug-likeness (QED) is 0.795. The lowest BCUT2D eigenvalue weighted by atomic mass is 10.1. The average molecular weight is 257 g/mol. The van der Waals surface area contributed by atoms with E-state index in [4.69, 9.17) is 14.8 Å². The minimum absolute atomic E-state index is 0.316. The molecule has 1 rings (SSSR count). The van der Waals surface area contributed by atoms with Crippen molar-refractivity contribution in [3.8, 4) is 0 Å². The maximum absolute atomic E-state index is 12.5. The molecule has 0 saturated carbocycles. The second-order valence-electron chi connectivity index (χ2n) is 3.73. The Kier molecular flexibility index (Phi) is 5.34. The fraction of sp³-hybridized carbons (Fsp3) is 0.500. The molecule has 0 spiro atoms. The molecular weight excluding hydrogens is 237 g/mol. The minimum Gasteiger partial charge on any atom is -0.314 e. The predicted octanol–water partition coefficient (Wildman–Crippen LogP) is 3.22. The molecule has 1 aromatic carbocycles. The van der Waals surface area contributed by atoms with Gasteiger partial charge in [-0.05, 0) is 26.3 Å². The summed E-state index contributed by atoms with van der Waals surface area (Å²) in [7, 11) is -3.27. The van der Waals surface area contributed by atoms with E-state index in [0.717, 1.165) is 11.1 Å². The van der Waals surface area contributed by atoms with Gasteiger partial charge in [0.15, 0.2) is 0 Å². The molecule has 0 aliphatic heterocycles. The third-order valence-corrected chi connectivity index (χ3v) is 4.56. The first-order valence-corrected chi connectivity index (χ1v) is 7.35. The van der Waals surface area contributed by atoms with Gasteiger partial charge in [-0.2, -0.15) is 0 Å². The monoisotopic (exact) mass is 257 g/mol. The van der Waals surface area contributed by atoms with E-state index >= 15 is 0 Å². The zero-order valence-electron chi connectivity index (χ0n) is 10.6. The Balaban J connectivity index is 2.99. The largest absolute Gasteiger partial charge is 0.351 e. The number of hydrogen-bond donors (Lipinski definition) is 1. The Hall–Kier alpha value is -0.670. The summed E-state index contributed by atoms with van der Waals surface area (Å²) in [6, 6.07) is 7.58. The maximum atomic E-state index is 12.5. The van der Waals surface area contributed by atoms with Crippen LogP contribution < -0.4 is 5.73 Å². The van der Waals surface area contributed by atoms with Crippen LogP contribution in [0.4, 0.5) is 0 Å². The molecule has 1 atom stereocenters. The van der Waals surface area contributed by atoms with Crippen molar-refractivity contribution in [3.05, 3.63) is 35.4 Å². The van der Waals surface area contributed by atoms with E-state index in [9.17, 15) is 4.57 Å². The van der Waals surface area contributed by atoms with Crippen LogP contribution in [0.25, 0.3) is 0 Å². The summed E-state index contributed by atoms with van der Waals surface area (Å²) in [6.07, 6.45) is 0. The molecule has 1 aromatic rings. The summed E-state index contributed by atoms with van der Waals surface area (Å²) in [4.78, 5) is 0. The third-order valence-electron chi connectivity index (χ3n) is 2.34. The standard InChI is InChI=1S/C12H20NO3P/c1-4-15-17(14,16-5-2)12(13)11-8-6-7-10(3)9-11/h6-9,12H,4-5,13H2,1-3H3/t12-/m0/s1. The highest BCUT2D eigenvalue weighted by molar-refractivity contribution is 7.54. The van der Waals surface area contributed by atoms with Gasteiger partial charge in [0.05, 0.1) is 13.2 Å². The molecular formula is C12H20NO3P. The number of rotatable bonds is 6. The fourth-order valence-electron chi connectivity index (χ4n) is 1.59. The van der Waals surface area contributed by atoms with Crippen LogP contribution in [0.15, 0.2) is 24.3 Å². The summed E-state index contributed by atoms with van der Waals surface area (Å²) in [5.41, 5.74) is 7.84. The lowest BCUT2D eigenvalue weighted by Crippen LogP contribution is -2.15. The third kappa shape index (κ3) is 3.65. The van der Waals surface area contributed by atoms with Crippen LogP contribution >= 0.6 is 7.60 Å². The van der Waals surface area contributed by atoms with E-state index in [-0.39, 0.29) is 0 Å². The Morgan fingerprint density at radius 3 is 2.35 bits per heavy atom. The minimum atomic E-state index is -3.27. The molecule has 0 amide bonds. The van der Waals surface area contributed by atoms with Gasteiger partial charge in [0, 0.05) is 0 Å². The highest BCUT2D eigenvalue weighted by Gasteiger charge is 2.33. The van der Waals surface area contributed by atoms with Crippen molar-refractivity contribution in [2.45, 2.75) is 26.6 Å². The predicted molar refractivity (Wildman–Crippen MR) is 69.0 cm³/mol. The molecule has 0 aromatic heterocycles. The van der Waals surface area contributed by atoms with Crippen molar-refractivity contribution < 1.29 is 13.6 Å². The second-order valence-corrected chi connectivity index (χ2v) is 5.89. The van der Waals surface area contributed by atoms with Crippen LogP contribution in [0.3, 0.4) is 0 Å². The van der Waals surface area contributed by atoms with Crippen molar-refractivity contribution in [2.24, 2.45) is 5.73 Å². The first kappa shape index (κ1) is 14.4. The molecule has 0 aliphatic rings. The highest BCUT2D eigenvalue weighted by Crippen LogP contribution is 2.58. The smallest absolute Gasteiger partial charge is 0.314 e. The topological polar surface area (TPSA) is 61.5 Å². The van der Waals surface area contributed by atoms with E-state index in [1.54, 1.807) is 13.8 Å². The Bertz CT molecular complexity index is 398. The molecule has 0 unspecified atom stereocenters. The van der Waals surface area contributed by atoms with Crippen LogP contribution in [0, 0.1) is 6.92 Å². The Morgan fingerprint density at radius 2 is 1.88 bits per heavy atom. The van der Waals surface area contributed by atoms with Gasteiger partial charge in [0.1, 0.15) is 5.78 Å². The Labute approximate surface area is 103 Å². The van der Waals surface area contributed by atoms with Crippen LogP contribution in [0.1, 0.15) is 30.8 Å². The summed E-state index contributed by atoms with van der Waals surface area (Å²) in [5, 5.41) is 0. The molecule has 0 fully saturated rings. The van der Waals surface area contributed by atoms with Crippen molar-refractivity contribution in [1.82, 2.24) is 0 Å². The molecule has 0 saturated heterocycles.